The molecule has 5 heteroatoms. The van der Waals surface area contributed by atoms with Crippen molar-refractivity contribution < 1.29 is 18.3 Å². The first kappa shape index (κ1) is 11.8. The summed E-state index contributed by atoms with van der Waals surface area (Å²) in [4.78, 5) is 1.96. The van der Waals surface area contributed by atoms with Gasteiger partial charge >= 0.3 is 6.18 Å². The monoisotopic (exact) mass is 211 g/mol. The summed E-state index contributed by atoms with van der Waals surface area (Å²) in [5.74, 6) is 0. The van der Waals surface area contributed by atoms with Gasteiger partial charge in [0.1, 0.15) is 0 Å². The largest absolute Gasteiger partial charge is 0.417 e. The molecule has 1 rings (SSSR count). The minimum absolute atomic E-state index is 0.198. The molecule has 1 aliphatic heterocycles. The molecule has 0 radical (unpaired) electrons. The van der Waals surface area contributed by atoms with Crippen LogP contribution in [0.5, 0.6) is 0 Å². The van der Waals surface area contributed by atoms with Gasteiger partial charge in [0.05, 0.1) is 0 Å². The van der Waals surface area contributed by atoms with Crippen LogP contribution in [0.2, 0.25) is 0 Å². The summed E-state index contributed by atoms with van der Waals surface area (Å²) < 4.78 is 37.1. The number of rotatable bonds is 2. The lowest BCUT2D eigenvalue weighted by atomic mass is 9.91. The third kappa shape index (κ3) is 2.39. The van der Waals surface area contributed by atoms with Crippen LogP contribution in [0.4, 0.5) is 13.2 Å². The first-order chi connectivity index (χ1) is 6.39. The lowest BCUT2D eigenvalue weighted by molar-refractivity contribution is -0.272. The topological polar surface area (TPSA) is 23.5 Å². The molecule has 1 aliphatic rings. The molecular weight excluding hydrogens is 195 g/mol. The summed E-state index contributed by atoms with van der Waals surface area (Å²) in [5, 5.41) is 9.34. The van der Waals surface area contributed by atoms with E-state index >= 15 is 0 Å². The summed E-state index contributed by atoms with van der Waals surface area (Å²) in [6.45, 7) is 3.48. The van der Waals surface area contributed by atoms with E-state index in [1.165, 1.54) is 0 Å². The molecular formula is C9H16F3NO. The summed E-state index contributed by atoms with van der Waals surface area (Å²) in [7, 11) is 0. The molecule has 14 heavy (non-hydrogen) atoms. The van der Waals surface area contributed by atoms with Gasteiger partial charge in [0.15, 0.2) is 5.60 Å². The Morgan fingerprint density at radius 3 is 2.14 bits per heavy atom. The maximum atomic E-state index is 12.4. The normalized spacial score (nSPS) is 23.8. The summed E-state index contributed by atoms with van der Waals surface area (Å²) in [6, 6.07) is 0. The number of halogens is 3. The van der Waals surface area contributed by atoms with Gasteiger partial charge in [0.2, 0.25) is 0 Å². The summed E-state index contributed by atoms with van der Waals surface area (Å²) >= 11 is 0. The van der Waals surface area contributed by atoms with Crippen LogP contribution in [-0.4, -0.2) is 41.4 Å². The van der Waals surface area contributed by atoms with E-state index < -0.39 is 11.8 Å². The Bertz CT molecular complexity index is 185. The van der Waals surface area contributed by atoms with Crippen LogP contribution in [0.25, 0.3) is 0 Å². The van der Waals surface area contributed by atoms with Crippen LogP contribution >= 0.6 is 0 Å². The van der Waals surface area contributed by atoms with Crippen LogP contribution < -0.4 is 0 Å². The zero-order valence-corrected chi connectivity index (χ0v) is 8.27. The maximum absolute atomic E-state index is 12.4. The molecule has 84 valence electrons. The van der Waals surface area contributed by atoms with Gasteiger partial charge in [-0.2, -0.15) is 13.2 Å². The third-order valence-electron chi connectivity index (χ3n) is 2.75. The van der Waals surface area contributed by atoms with Gasteiger partial charge in [0, 0.05) is 13.1 Å². The minimum Gasteiger partial charge on any atom is -0.380 e. The number of aliphatic hydroxyl groups is 1. The minimum atomic E-state index is -4.48. The van der Waals surface area contributed by atoms with Crippen LogP contribution in [0.1, 0.15) is 26.2 Å². The molecule has 0 amide bonds. The van der Waals surface area contributed by atoms with E-state index in [-0.39, 0.29) is 12.8 Å². The third-order valence-corrected chi connectivity index (χ3v) is 2.75. The van der Waals surface area contributed by atoms with E-state index in [1.807, 2.05) is 11.8 Å². The van der Waals surface area contributed by atoms with Crippen molar-refractivity contribution in [1.29, 1.82) is 0 Å². The standard InChI is InChI=1S/C9H16F3NO/c1-2-5-13-6-3-8(14,4-7-13)9(10,11)12/h14H,2-7H2,1H3. The van der Waals surface area contributed by atoms with E-state index in [0.29, 0.717) is 13.1 Å². The van der Waals surface area contributed by atoms with Crippen LogP contribution in [-0.2, 0) is 0 Å². The number of nitrogens with zero attached hydrogens (tertiary/aromatic N) is 1. The molecule has 0 saturated carbocycles. The molecule has 0 atom stereocenters. The van der Waals surface area contributed by atoms with E-state index in [2.05, 4.69) is 0 Å². The zero-order valence-electron chi connectivity index (χ0n) is 8.27. The summed E-state index contributed by atoms with van der Waals surface area (Å²) in [6.07, 6.45) is -3.94. The van der Waals surface area contributed by atoms with Gasteiger partial charge < -0.3 is 10.0 Å². The fraction of sp³-hybridized carbons (Fsp3) is 1.00. The SMILES string of the molecule is CCCN1CCC(O)(C(F)(F)F)CC1. The summed E-state index contributed by atoms with van der Waals surface area (Å²) in [5.41, 5.74) is -2.45. The average molecular weight is 211 g/mol. The second kappa shape index (κ2) is 4.06. The molecule has 0 bridgehead atoms. The van der Waals surface area contributed by atoms with Crippen molar-refractivity contribution in [3.63, 3.8) is 0 Å². The number of alkyl halides is 3. The van der Waals surface area contributed by atoms with E-state index in [1.54, 1.807) is 0 Å². The van der Waals surface area contributed by atoms with Gasteiger partial charge in [0.25, 0.3) is 0 Å². The van der Waals surface area contributed by atoms with Gasteiger partial charge in [-0.1, -0.05) is 6.92 Å². The number of likely N-dealkylation sites (tertiary alicyclic amines) is 1. The quantitative estimate of drug-likeness (QED) is 0.752. The Morgan fingerprint density at radius 2 is 1.79 bits per heavy atom. The molecule has 0 aromatic heterocycles. The Labute approximate surface area is 81.7 Å². The van der Waals surface area contributed by atoms with Crippen molar-refractivity contribution in [2.75, 3.05) is 19.6 Å². The van der Waals surface area contributed by atoms with E-state index in [4.69, 9.17) is 0 Å². The highest BCUT2D eigenvalue weighted by Crippen LogP contribution is 2.38. The fourth-order valence-corrected chi connectivity index (χ4v) is 1.75. The molecule has 1 fully saturated rings. The average Bonchev–Trinajstić information content (AvgIpc) is 2.08. The van der Waals surface area contributed by atoms with Crippen LogP contribution in [0.3, 0.4) is 0 Å². The first-order valence-corrected chi connectivity index (χ1v) is 4.90. The Kier molecular flexibility index (Phi) is 3.42. The predicted octanol–water partition coefficient (Wildman–Crippen LogP) is 1.79. The maximum Gasteiger partial charge on any atom is 0.417 e. The molecule has 0 aromatic carbocycles. The lowest BCUT2D eigenvalue weighted by Gasteiger charge is -2.38. The predicted molar refractivity (Wildman–Crippen MR) is 47.0 cm³/mol. The molecule has 2 nitrogen and oxygen atoms in total. The van der Waals surface area contributed by atoms with Crippen LogP contribution in [0.15, 0.2) is 0 Å². The second-order valence-electron chi connectivity index (χ2n) is 3.87. The Balaban J connectivity index is 2.49. The molecule has 0 unspecified atom stereocenters. The van der Waals surface area contributed by atoms with Crippen molar-refractivity contribution >= 4 is 0 Å². The van der Waals surface area contributed by atoms with Gasteiger partial charge in [-0.05, 0) is 25.8 Å². The first-order valence-electron chi connectivity index (χ1n) is 4.90. The van der Waals surface area contributed by atoms with Crippen LogP contribution in [0, 0.1) is 0 Å². The van der Waals surface area contributed by atoms with Crippen molar-refractivity contribution in [2.45, 2.75) is 38.0 Å². The van der Waals surface area contributed by atoms with Crippen molar-refractivity contribution in [3.8, 4) is 0 Å². The van der Waals surface area contributed by atoms with Crippen molar-refractivity contribution in [2.24, 2.45) is 0 Å². The van der Waals surface area contributed by atoms with Gasteiger partial charge in [-0.15, -0.1) is 0 Å². The highest BCUT2D eigenvalue weighted by atomic mass is 19.4. The molecule has 1 saturated heterocycles. The van der Waals surface area contributed by atoms with E-state index in [0.717, 1.165) is 13.0 Å². The lowest BCUT2D eigenvalue weighted by Crippen LogP contribution is -2.53. The molecule has 1 heterocycles. The smallest absolute Gasteiger partial charge is 0.380 e. The number of piperidine rings is 1. The molecule has 0 spiro atoms. The second-order valence-corrected chi connectivity index (χ2v) is 3.87. The molecule has 1 N–H and O–H groups in total. The van der Waals surface area contributed by atoms with Gasteiger partial charge in [-0.3, -0.25) is 0 Å². The highest BCUT2D eigenvalue weighted by molar-refractivity contribution is 4.91. The number of hydrogen-bond acceptors (Lipinski definition) is 2. The number of hydrogen-bond donors (Lipinski definition) is 1. The zero-order chi connectivity index (χ0) is 10.8. The Morgan fingerprint density at radius 1 is 1.29 bits per heavy atom. The molecule has 0 aliphatic carbocycles. The fourth-order valence-electron chi connectivity index (χ4n) is 1.75. The Hall–Kier alpha value is -0.290. The van der Waals surface area contributed by atoms with E-state index in [9.17, 15) is 18.3 Å². The van der Waals surface area contributed by atoms with Crippen molar-refractivity contribution in [3.05, 3.63) is 0 Å². The van der Waals surface area contributed by atoms with Crippen molar-refractivity contribution in [1.82, 2.24) is 4.90 Å². The van der Waals surface area contributed by atoms with Gasteiger partial charge in [-0.25, -0.2) is 0 Å². The highest BCUT2D eigenvalue weighted by Gasteiger charge is 2.54. The molecule has 0 aromatic rings.